The van der Waals surface area contributed by atoms with Gasteiger partial charge in [0, 0.05) is 0 Å². The van der Waals surface area contributed by atoms with Crippen molar-refractivity contribution in [1.29, 1.82) is 0 Å². The summed E-state index contributed by atoms with van der Waals surface area (Å²) in [4.78, 5) is 36.5. The zero-order valence-electron chi connectivity index (χ0n) is 10.7. The molecule has 4 amide bonds. The van der Waals surface area contributed by atoms with Gasteiger partial charge in [-0.15, -0.1) is 0 Å². The van der Waals surface area contributed by atoms with E-state index in [4.69, 9.17) is 5.14 Å². The molecule has 21 heavy (non-hydrogen) atoms. The molecule has 0 unspecified atom stereocenters. The molecule has 0 radical (unpaired) electrons. The molecule has 9 heteroatoms. The van der Waals surface area contributed by atoms with Gasteiger partial charge in [0.15, 0.2) is 0 Å². The molecule has 0 bridgehead atoms. The third kappa shape index (κ3) is 2.01. The van der Waals surface area contributed by atoms with E-state index >= 15 is 0 Å². The van der Waals surface area contributed by atoms with E-state index in [2.05, 4.69) is 5.32 Å². The van der Waals surface area contributed by atoms with Crippen LogP contribution in [0.3, 0.4) is 0 Å². The first-order valence-corrected chi connectivity index (χ1v) is 7.63. The van der Waals surface area contributed by atoms with Crippen LogP contribution in [-0.2, 0) is 19.6 Å². The average molecular weight is 309 g/mol. The van der Waals surface area contributed by atoms with Crippen LogP contribution in [0.2, 0.25) is 0 Å². The Morgan fingerprint density at radius 2 is 1.86 bits per heavy atom. The van der Waals surface area contributed by atoms with Crippen LogP contribution >= 0.6 is 0 Å². The lowest BCUT2D eigenvalue weighted by Crippen LogP contribution is -2.59. The largest absolute Gasteiger partial charge is 0.335 e. The summed E-state index contributed by atoms with van der Waals surface area (Å²) in [6.45, 7) is 0. The Morgan fingerprint density at radius 1 is 1.19 bits per heavy atom. The summed E-state index contributed by atoms with van der Waals surface area (Å²) in [5.74, 6) is -1.24. The number of imide groups is 2. The van der Waals surface area contributed by atoms with Gasteiger partial charge in [-0.3, -0.25) is 14.9 Å². The normalized spacial score (nSPS) is 20.6. The summed E-state index contributed by atoms with van der Waals surface area (Å²) in [5, 5.41) is 7.14. The molecule has 110 valence electrons. The Morgan fingerprint density at radius 3 is 2.43 bits per heavy atom. The number of nitrogens with two attached hydrogens (primary N) is 1. The minimum absolute atomic E-state index is 0.0581. The van der Waals surface area contributed by atoms with Crippen LogP contribution in [-0.4, -0.2) is 26.3 Å². The molecule has 1 aliphatic heterocycles. The summed E-state index contributed by atoms with van der Waals surface area (Å²) in [6.07, 6.45) is 0.743. The second-order valence-corrected chi connectivity index (χ2v) is 6.59. The third-order valence-electron chi connectivity index (χ3n) is 3.63. The highest BCUT2D eigenvalue weighted by Gasteiger charge is 2.62. The van der Waals surface area contributed by atoms with Crippen molar-refractivity contribution in [2.75, 3.05) is 4.90 Å². The lowest BCUT2D eigenvalue weighted by atomic mass is 10.0. The quantitative estimate of drug-likeness (QED) is 0.725. The molecular formula is C12H11N3O5S. The van der Waals surface area contributed by atoms with Crippen LogP contribution in [0.25, 0.3) is 0 Å². The van der Waals surface area contributed by atoms with Gasteiger partial charge in [-0.2, -0.15) is 0 Å². The summed E-state index contributed by atoms with van der Waals surface area (Å²) in [6, 6.07) is 4.25. The molecule has 1 aromatic carbocycles. The van der Waals surface area contributed by atoms with Crippen LogP contribution in [0.5, 0.6) is 0 Å². The first-order valence-electron chi connectivity index (χ1n) is 6.08. The fraction of sp³-hybridized carbons (Fsp3) is 0.250. The first kappa shape index (κ1) is 13.7. The summed E-state index contributed by atoms with van der Waals surface area (Å²) in [7, 11) is -3.96. The van der Waals surface area contributed by atoms with Gasteiger partial charge in [-0.05, 0) is 31.0 Å². The zero-order valence-corrected chi connectivity index (χ0v) is 11.5. The van der Waals surface area contributed by atoms with Crippen molar-refractivity contribution >= 4 is 33.6 Å². The van der Waals surface area contributed by atoms with E-state index in [0.717, 1.165) is 11.0 Å². The van der Waals surface area contributed by atoms with E-state index in [1.54, 1.807) is 0 Å². The Kier molecular flexibility index (Phi) is 2.69. The van der Waals surface area contributed by atoms with Gasteiger partial charge in [0.25, 0.3) is 5.91 Å². The van der Waals surface area contributed by atoms with Gasteiger partial charge in [0.1, 0.15) is 5.41 Å². The lowest BCUT2D eigenvalue weighted by Gasteiger charge is -2.30. The Labute approximate surface area is 120 Å². The smallest absolute Gasteiger partial charge is 0.276 e. The fourth-order valence-electron chi connectivity index (χ4n) is 2.28. The van der Waals surface area contributed by atoms with Crippen LogP contribution in [0.1, 0.15) is 12.8 Å². The number of nitrogens with zero attached hydrogens (tertiary/aromatic N) is 1. The zero-order chi connectivity index (χ0) is 15.4. The van der Waals surface area contributed by atoms with Gasteiger partial charge in [0.05, 0.1) is 10.6 Å². The van der Waals surface area contributed by atoms with Crippen molar-refractivity contribution in [2.45, 2.75) is 17.7 Å². The highest BCUT2D eigenvalue weighted by molar-refractivity contribution is 7.89. The van der Waals surface area contributed by atoms with E-state index in [0.29, 0.717) is 12.8 Å². The van der Waals surface area contributed by atoms with Crippen molar-refractivity contribution in [2.24, 2.45) is 10.6 Å². The van der Waals surface area contributed by atoms with Gasteiger partial charge >= 0.3 is 6.03 Å². The van der Waals surface area contributed by atoms with Crippen molar-refractivity contribution < 1.29 is 22.8 Å². The highest BCUT2D eigenvalue weighted by atomic mass is 32.2. The van der Waals surface area contributed by atoms with Crippen LogP contribution < -0.4 is 15.4 Å². The summed E-state index contributed by atoms with van der Waals surface area (Å²) in [5.41, 5.74) is -1.13. The second kappa shape index (κ2) is 4.12. The number of carbonyl (C=O) groups is 3. The van der Waals surface area contributed by atoms with Crippen molar-refractivity contribution in [1.82, 2.24) is 5.32 Å². The minimum atomic E-state index is -3.96. The van der Waals surface area contributed by atoms with E-state index < -0.39 is 33.3 Å². The number of rotatable bonds is 2. The van der Waals surface area contributed by atoms with E-state index in [1.165, 1.54) is 18.2 Å². The monoisotopic (exact) mass is 309 g/mol. The van der Waals surface area contributed by atoms with E-state index in [-0.39, 0.29) is 10.6 Å². The number of benzene rings is 1. The number of amides is 4. The van der Waals surface area contributed by atoms with Gasteiger partial charge in [-0.25, -0.2) is 23.3 Å². The second-order valence-electron chi connectivity index (χ2n) is 5.02. The molecule has 8 nitrogen and oxygen atoms in total. The molecule has 1 heterocycles. The Bertz CT molecular complexity index is 782. The lowest BCUT2D eigenvalue weighted by molar-refractivity contribution is -0.136. The first-order chi connectivity index (χ1) is 9.75. The Hall–Kier alpha value is -2.26. The fourth-order valence-corrected chi connectivity index (χ4v) is 2.83. The number of urea groups is 1. The molecule has 0 atom stereocenters. The maximum atomic E-state index is 12.4. The maximum Gasteiger partial charge on any atom is 0.335 e. The SMILES string of the molecule is NS(=O)(=O)c1cccc(N2C(=O)NC(=O)C3(CC3)C2=O)c1. The summed E-state index contributed by atoms with van der Waals surface area (Å²) < 4.78 is 22.7. The van der Waals surface area contributed by atoms with Crippen LogP contribution in [0, 0.1) is 5.41 Å². The molecule has 1 saturated carbocycles. The van der Waals surface area contributed by atoms with Crippen molar-refractivity contribution in [3.8, 4) is 0 Å². The Balaban J connectivity index is 2.06. The van der Waals surface area contributed by atoms with Crippen molar-refractivity contribution in [3.05, 3.63) is 24.3 Å². The maximum absolute atomic E-state index is 12.4. The van der Waals surface area contributed by atoms with Gasteiger partial charge in [-0.1, -0.05) is 6.07 Å². The number of sulfonamides is 1. The predicted molar refractivity (Wildman–Crippen MR) is 70.5 cm³/mol. The molecule has 0 aromatic heterocycles. The van der Waals surface area contributed by atoms with E-state index in [1.807, 2.05) is 0 Å². The molecule has 1 aliphatic carbocycles. The minimum Gasteiger partial charge on any atom is -0.276 e. The number of primary sulfonamides is 1. The van der Waals surface area contributed by atoms with Gasteiger partial charge < -0.3 is 0 Å². The van der Waals surface area contributed by atoms with E-state index in [9.17, 15) is 22.8 Å². The summed E-state index contributed by atoms with van der Waals surface area (Å²) >= 11 is 0. The highest BCUT2D eigenvalue weighted by Crippen LogP contribution is 2.49. The predicted octanol–water partition coefficient (Wildman–Crippen LogP) is -0.303. The molecular weight excluding hydrogens is 298 g/mol. The van der Waals surface area contributed by atoms with Crippen LogP contribution in [0.4, 0.5) is 10.5 Å². The standard InChI is InChI=1S/C12H11N3O5S/c13-21(19,20)8-3-1-2-7(6-8)15-10(17)12(4-5-12)9(16)14-11(15)18/h1-3,6H,4-5H2,(H2,13,19,20)(H,14,16,18). The molecule has 1 saturated heterocycles. The van der Waals surface area contributed by atoms with Gasteiger partial charge in [0.2, 0.25) is 15.9 Å². The number of barbiturate groups is 1. The number of carbonyl (C=O) groups excluding carboxylic acids is 3. The number of hydrogen-bond acceptors (Lipinski definition) is 5. The number of anilines is 1. The molecule has 2 aliphatic rings. The molecule has 1 spiro atoms. The van der Waals surface area contributed by atoms with Crippen LogP contribution in [0.15, 0.2) is 29.2 Å². The van der Waals surface area contributed by atoms with Crippen molar-refractivity contribution in [3.63, 3.8) is 0 Å². The topological polar surface area (TPSA) is 127 Å². The molecule has 2 fully saturated rings. The third-order valence-corrected chi connectivity index (χ3v) is 4.54. The molecule has 3 rings (SSSR count). The number of hydrogen-bond donors (Lipinski definition) is 2. The number of nitrogens with one attached hydrogen (secondary N) is 1. The molecule has 1 aromatic rings. The average Bonchev–Trinajstić information content (AvgIpc) is 3.18. The molecule has 3 N–H and O–H groups in total.